The van der Waals surface area contributed by atoms with Gasteiger partial charge in [-0.15, -0.1) is 0 Å². The topological polar surface area (TPSA) is 86.8 Å². The lowest BCUT2D eigenvalue weighted by molar-refractivity contribution is -0.136. The lowest BCUT2D eigenvalue weighted by atomic mass is 10.0. The van der Waals surface area contributed by atoms with Crippen LogP contribution in [0.25, 0.3) is 11.0 Å². The minimum atomic E-state index is -4.59. The largest absolute Gasteiger partial charge is 0.417 e. The van der Waals surface area contributed by atoms with Gasteiger partial charge in [0.15, 0.2) is 11.5 Å². The number of rotatable bonds is 5. The van der Waals surface area contributed by atoms with Crippen LogP contribution in [-0.4, -0.2) is 43.6 Å². The highest BCUT2D eigenvalue weighted by Gasteiger charge is 2.38. The van der Waals surface area contributed by atoms with Gasteiger partial charge in [-0.05, 0) is 44.9 Å². The van der Waals surface area contributed by atoms with Crippen molar-refractivity contribution in [1.82, 2.24) is 25.1 Å². The summed E-state index contributed by atoms with van der Waals surface area (Å²) in [6.07, 6.45) is -1.64. The second kappa shape index (κ2) is 8.16. The number of hydrogen-bond donors (Lipinski definition) is 2. The van der Waals surface area contributed by atoms with E-state index in [0.717, 1.165) is 6.07 Å². The molecule has 0 bridgehead atoms. The third kappa shape index (κ3) is 4.33. The molecule has 31 heavy (non-hydrogen) atoms. The lowest BCUT2D eigenvalue weighted by Crippen LogP contribution is -2.32. The molecule has 0 radical (unpaired) electrons. The molecule has 7 nitrogen and oxygen atoms in total. The molecule has 1 saturated heterocycles. The van der Waals surface area contributed by atoms with Crippen LogP contribution in [0.3, 0.4) is 0 Å². The molecular formula is C21H23F3N6O. The van der Waals surface area contributed by atoms with Crippen molar-refractivity contribution in [2.75, 3.05) is 11.9 Å². The highest BCUT2D eigenvalue weighted by atomic mass is 19.4. The minimum absolute atomic E-state index is 0.0528. The summed E-state index contributed by atoms with van der Waals surface area (Å²) in [5, 5.41) is 9.46. The van der Waals surface area contributed by atoms with Gasteiger partial charge in [0.2, 0.25) is 5.91 Å². The standard InChI is InChI=1S/C21H23F3N6O/c1-12(2)26-19-18-14(21(22,23)24)11-15(27-20(18)29-28-19)16-7-5-9-30(16)17(31)10-13-6-3-4-8-25-13/h3-4,6,8,11-12,16H,5,7,9-10H2,1-2H3,(H2,26,27,28,29)/t16-/m1/s1. The number of nitrogens with one attached hydrogen (secondary N) is 2. The number of carbonyl (C=O) groups excluding carboxylic acids is 1. The summed E-state index contributed by atoms with van der Waals surface area (Å²) >= 11 is 0. The molecule has 0 aromatic carbocycles. The van der Waals surface area contributed by atoms with Gasteiger partial charge in [0, 0.05) is 24.5 Å². The number of H-pyrrole nitrogens is 1. The summed E-state index contributed by atoms with van der Waals surface area (Å²) in [6, 6.07) is 5.75. The van der Waals surface area contributed by atoms with Crippen molar-refractivity contribution in [2.45, 2.75) is 51.4 Å². The molecule has 1 atom stereocenters. The Labute approximate surface area is 177 Å². The van der Waals surface area contributed by atoms with E-state index in [1.165, 1.54) is 0 Å². The average Bonchev–Trinajstić information content (AvgIpc) is 3.34. The van der Waals surface area contributed by atoms with E-state index in [2.05, 4.69) is 25.5 Å². The maximum atomic E-state index is 13.9. The van der Waals surface area contributed by atoms with E-state index in [9.17, 15) is 18.0 Å². The van der Waals surface area contributed by atoms with E-state index in [0.29, 0.717) is 25.1 Å². The first-order valence-electron chi connectivity index (χ1n) is 10.2. The van der Waals surface area contributed by atoms with Crippen LogP contribution < -0.4 is 5.32 Å². The van der Waals surface area contributed by atoms with Crippen LogP contribution >= 0.6 is 0 Å². The number of aromatic amines is 1. The Morgan fingerprint density at radius 2 is 2.16 bits per heavy atom. The van der Waals surface area contributed by atoms with Crippen LogP contribution in [0, 0.1) is 0 Å². The Morgan fingerprint density at radius 3 is 2.84 bits per heavy atom. The van der Waals surface area contributed by atoms with Gasteiger partial charge in [-0.2, -0.15) is 18.3 Å². The zero-order valence-electron chi connectivity index (χ0n) is 17.2. The Morgan fingerprint density at radius 1 is 1.35 bits per heavy atom. The Kier molecular flexibility index (Phi) is 5.55. The van der Waals surface area contributed by atoms with Gasteiger partial charge >= 0.3 is 6.18 Å². The average molecular weight is 432 g/mol. The number of hydrogen-bond acceptors (Lipinski definition) is 5. The first-order chi connectivity index (χ1) is 14.7. The van der Waals surface area contributed by atoms with Gasteiger partial charge in [0.25, 0.3) is 0 Å². The number of pyridine rings is 2. The Bertz CT molecular complexity index is 1080. The fraction of sp³-hybridized carbons (Fsp3) is 0.429. The number of fused-ring (bicyclic) bond motifs is 1. The predicted molar refractivity (Wildman–Crippen MR) is 109 cm³/mol. The van der Waals surface area contributed by atoms with E-state index < -0.39 is 17.8 Å². The molecule has 0 spiro atoms. The van der Waals surface area contributed by atoms with E-state index in [1.54, 1.807) is 29.3 Å². The number of aromatic nitrogens is 4. The molecule has 0 aliphatic carbocycles. The fourth-order valence-electron chi connectivity index (χ4n) is 3.95. The zero-order valence-corrected chi connectivity index (χ0v) is 17.2. The molecule has 0 saturated carbocycles. The number of amides is 1. The maximum Gasteiger partial charge on any atom is 0.417 e. The van der Waals surface area contributed by atoms with Gasteiger partial charge in [-0.25, -0.2) is 4.98 Å². The molecule has 1 amide bonds. The van der Waals surface area contributed by atoms with E-state index in [-0.39, 0.29) is 40.9 Å². The number of nitrogens with zero attached hydrogens (tertiary/aromatic N) is 4. The molecule has 4 heterocycles. The third-order valence-corrected chi connectivity index (χ3v) is 5.25. The van der Waals surface area contributed by atoms with Crippen LogP contribution in [0.2, 0.25) is 0 Å². The summed E-state index contributed by atoms with van der Waals surface area (Å²) in [4.78, 5) is 23.1. The van der Waals surface area contributed by atoms with Crippen molar-refractivity contribution >= 4 is 22.8 Å². The van der Waals surface area contributed by atoms with Crippen LogP contribution in [0.4, 0.5) is 19.0 Å². The second-order valence-electron chi connectivity index (χ2n) is 7.93. The van der Waals surface area contributed by atoms with Gasteiger partial charge in [-0.3, -0.25) is 14.9 Å². The summed E-state index contributed by atoms with van der Waals surface area (Å²) in [5.41, 5.74) is 0.0763. The monoisotopic (exact) mass is 432 g/mol. The van der Waals surface area contributed by atoms with Gasteiger partial charge in [0.05, 0.1) is 29.1 Å². The van der Waals surface area contributed by atoms with Crippen LogP contribution in [0.1, 0.15) is 49.7 Å². The molecule has 3 aromatic heterocycles. The maximum absolute atomic E-state index is 13.9. The van der Waals surface area contributed by atoms with Gasteiger partial charge < -0.3 is 10.2 Å². The molecule has 4 rings (SSSR count). The van der Waals surface area contributed by atoms with E-state index >= 15 is 0 Å². The van der Waals surface area contributed by atoms with Crippen molar-refractivity contribution in [1.29, 1.82) is 0 Å². The van der Waals surface area contributed by atoms with Gasteiger partial charge in [-0.1, -0.05) is 6.07 Å². The smallest absolute Gasteiger partial charge is 0.366 e. The quantitative estimate of drug-likeness (QED) is 0.634. The normalized spacial score (nSPS) is 17.0. The van der Waals surface area contributed by atoms with Crippen LogP contribution in [0.15, 0.2) is 30.5 Å². The Hall–Kier alpha value is -3.17. The minimum Gasteiger partial charge on any atom is -0.366 e. The number of halogens is 3. The predicted octanol–water partition coefficient (Wildman–Crippen LogP) is 4.10. The molecule has 164 valence electrons. The molecule has 1 fully saturated rings. The van der Waals surface area contributed by atoms with Crippen molar-refractivity contribution in [3.63, 3.8) is 0 Å². The van der Waals surface area contributed by atoms with Crippen LogP contribution in [0.5, 0.6) is 0 Å². The lowest BCUT2D eigenvalue weighted by Gasteiger charge is -2.25. The molecule has 1 aliphatic rings. The molecule has 1 aliphatic heterocycles. The molecule has 0 unspecified atom stereocenters. The number of carbonyl (C=O) groups is 1. The van der Waals surface area contributed by atoms with Crippen molar-refractivity contribution in [3.8, 4) is 0 Å². The Balaban J connectivity index is 1.70. The van der Waals surface area contributed by atoms with Crippen molar-refractivity contribution in [3.05, 3.63) is 47.4 Å². The first kappa shape index (κ1) is 21.1. The number of likely N-dealkylation sites (tertiary alicyclic amines) is 1. The summed E-state index contributed by atoms with van der Waals surface area (Å²) in [7, 11) is 0. The van der Waals surface area contributed by atoms with E-state index in [4.69, 9.17) is 0 Å². The fourth-order valence-corrected chi connectivity index (χ4v) is 3.95. The van der Waals surface area contributed by atoms with Crippen LogP contribution in [-0.2, 0) is 17.4 Å². The highest BCUT2D eigenvalue weighted by Crippen LogP contribution is 2.40. The molecule has 2 N–H and O–H groups in total. The molecular weight excluding hydrogens is 409 g/mol. The zero-order chi connectivity index (χ0) is 22.2. The van der Waals surface area contributed by atoms with E-state index in [1.807, 2.05) is 13.8 Å². The number of alkyl halides is 3. The SMILES string of the molecule is CC(C)Nc1n[nH]c2nc([C@H]3CCCN3C(=O)Cc3ccccn3)cc(C(F)(F)F)c12. The molecule has 3 aromatic rings. The number of anilines is 1. The van der Waals surface area contributed by atoms with Gasteiger partial charge in [0.1, 0.15) is 0 Å². The summed E-state index contributed by atoms with van der Waals surface area (Å²) in [6.45, 7) is 4.11. The summed E-state index contributed by atoms with van der Waals surface area (Å²) in [5.74, 6) is -0.0608. The highest BCUT2D eigenvalue weighted by molar-refractivity contribution is 5.91. The summed E-state index contributed by atoms with van der Waals surface area (Å²) < 4.78 is 41.8. The third-order valence-electron chi connectivity index (χ3n) is 5.25. The first-order valence-corrected chi connectivity index (χ1v) is 10.2. The van der Waals surface area contributed by atoms with Crippen molar-refractivity contribution in [2.24, 2.45) is 0 Å². The second-order valence-corrected chi connectivity index (χ2v) is 7.93. The molecule has 10 heteroatoms. The van der Waals surface area contributed by atoms with Crippen molar-refractivity contribution < 1.29 is 18.0 Å².